The van der Waals surface area contributed by atoms with Gasteiger partial charge in [0.05, 0.1) is 32.1 Å². The SMILES string of the molecule is CC(C)(C)C[C@H]1CC[C@H](NC(=O)CC2CCCC[N+]23CCCCCCCC3)CC1. The molecule has 1 saturated carbocycles. The average molecular weight is 406 g/mol. The van der Waals surface area contributed by atoms with Crippen molar-refractivity contribution in [3.63, 3.8) is 0 Å². The predicted molar refractivity (Wildman–Crippen MR) is 123 cm³/mol. The smallest absolute Gasteiger partial charge is 0.226 e. The van der Waals surface area contributed by atoms with E-state index < -0.39 is 0 Å². The minimum absolute atomic E-state index is 0.355. The van der Waals surface area contributed by atoms with Gasteiger partial charge in [-0.15, -0.1) is 0 Å². The molecule has 3 rings (SSSR count). The highest BCUT2D eigenvalue weighted by Gasteiger charge is 2.40. The molecule has 0 bridgehead atoms. The maximum absolute atomic E-state index is 13.0. The molecule has 3 fully saturated rings. The Morgan fingerprint density at radius 1 is 0.793 bits per heavy atom. The monoisotopic (exact) mass is 405 g/mol. The van der Waals surface area contributed by atoms with Gasteiger partial charge in [-0.2, -0.15) is 0 Å². The fourth-order valence-corrected chi connectivity index (χ4v) is 6.70. The van der Waals surface area contributed by atoms with Crippen LogP contribution in [0.25, 0.3) is 0 Å². The molecular weight excluding hydrogens is 356 g/mol. The molecule has 2 aliphatic heterocycles. The Morgan fingerprint density at radius 3 is 1.93 bits per heavy atom. The van der Waals surface area contributed by atoms with Crippen molar-refractivity contribution < 1.29 is 9.28 Å². The molecule has 3 heteroatoms. The Labute approximate surface area is 181 Å². The van der Waals surface area contributed by atoms with Gasteiger partial charge in [-0.05, 0) is 82.0 Å². The van der Waals surface area contributed by atoms with E-state index in [9.17, 15) is 4.79 Å². The minimum Gasteiger partial charge on any atom is -0.353 e. The molecule has 29 heavy (non-hydrogen) atoms. The number of piperidine rings is 1. The third kappa shape index (κ3) is 7.26. The van der Waals surface area contributed by atoms with Gasteiger partial charge in [0.25, 0.3) is 0 Å². The van der Waals surface area contributed by atoms with Crippen LogP contribution in [0.15, 0.2) is 0 Å². The topological polar surface area (TPSA) is 29.1 Å². The molecule has 168 valence electrons. The molecule has 1 aliphatic carbocycles. The first-order valence-corrected chi connectivity index (χ1v) is 13.0. The molecule has 0 aromatic carbocycles. The van der Waals surface area contributed by atoms with Crippen LogP contribution in [0.4, 0.5) is 0 Å². The Hall–Kier alpha value is -0.570. The third-order valence-electron chi connectivity index (χ3n) is 8.16. The van der Waals surface area contributed by atoms with Gasteiger partial charge in [-0.25, -0.2) is 0 Å². The molecule has 1 atom stereocenters. The number of nitrogens with zero attached hydrogens (tertiary/aromatic N) is 1. The Kier molecular flexibility index (Phi) is 8.48. The van der Waals surface area contributed by atoms with Gasteiger partial charge < -0.3 is 9.80 Å². The minimum atomic E-state index is 0.355. The molecule has 0 aromatic heterocycles. The normalized spacial score (nSPS) is 31.5. The van der Waals surface area contributed by atoms with Gasteiger partial charge in [-0.1, -0.05) is 33.6 Å². The maximum atomic E-state index is 13.0. The summed E-state index contributed by atoms with van der Waals surface area (Å²) in [5.74, 6) is 1.22. The summed E-state index contributed by atoms with van der Waals surface area (Å²) in [4.78, 5) is 13.0. The third-order valence-corrected chi connectivity index (χ3v) is 8.16. The zero-order valence-electron chi connectivity index (χ0n) is 19.8. The lowest BCUT2D eigenvalue weighted by Crippen LogP contribution is -2.60. The van der Waals surface area contributed by atoms with Gasteiger partial charge in [0.1, 0.15) is 0 Å². The van der Waals surface area contributed by atoms with E-state index in [1.807, 2.05) is 0 Å². The van der Waals surface area contributed by atoms with Crippen LogP contribution >= 0.6 is 0 Å². The lowest BCUT2D eigenvalue weighted by atomic mass is 9.76. The standard InChI is InChI=1S/C26H48N2O/c1-26(2,3)21-22-13-15-23(16-14-22)27-25(29)20-24-12-8-11-19-28(24)17-9-6-4-5-7-10-18-28/h22-24H,4-21H2,1-3H3/p+1/t22-,23-,24?. The van der Waals surface area contributed by atoms with Crippen molar-refractivity contribution in [2.24, 2.45) is 11.3 Å². The molecule has 3 aliphatic rings. The molecule has 0 aromatic rings. The van der Waals surface area contributed by atoms with E-state index in [1.165, 1.54) is 114 Å². The van der Waals surface area contributed by atoms with E-state index in [1.54, 1.807) is 0 Å². The average Bonchev–Trinajstić information content (AvgIpc) is 2.77. The summed E-state index contributed by atoms with van der Waals surface area (Å²) in [6.45, 7) is 11.1. The fraction of sp³-hybridized carbons (Fsp3) is 0.962. The van der Waals surface area contributed by atoms with Crippen LogP contribution in [0.1, 0.15) is 117 Å². The highest BCUT2D eigenvalue weighted by molar-refractivity contribution is 5.76. The first kappa shape index (κ1) is 23.1. The molecule has 1 N–H and O–H groups in total. The van der Waals surface area contributed by atoms with Crippen LogP contribution < -0.4 is 5.32 Å². The molecule has 1 spiro atoms. The summed E-state index contributed by atoms with van der Waals surface area (Å²) >= 11 is 0. The van der Waals surface area contributed by atoms with E-state index in [2.05, 4.69) is 26.1 Å². The Morgan fingerprint density at radius 2 is 1.34 bits per heavy atom. The summed E-state index contributed by atoms with van der Waals surface area (Å²) < 4.78 is 1.27. The Bertz CT molecular complexity index is 491. The number of rotatable bonds is 4. The number of hydrogen-bond donors (Lipinski definition) is 1. The first-order valence-electron chi connectivity index (χ1n) is 13.0. The zero-order valence-corrected chi connectivity index (χ0v) is 19.8. The quantitative estimate of drug-likeness (QED) is 0.553. The van der Waals surface area contributed by atoms with E-state index >= 15 is 0 Å². The van der Waals surface area contributed by atoms with Crippen LogP contribution in [0.2, 0.25) is 0 Å². The summed E-state index contributed by atoms with van der Waals surface area (Å²) in [6.07, 6.45) is 19.4. The first-order chi connectivity index (χ1) is 13.9. The zero-order chi connectivity index (χ0) is 20.7. The summed E-state index contributed by atoms with van der Waals surface area (Å²) in [5, 5.41) is 3.46. The molecule has 0 radical (unpaired) electrons. The number of quaternary nitrogens is 1. The van der Waals surface area contributed by atoms with Gasteiger partial charge in [0, 0.05) is 12.5 Å². The van der Waals surface area contributed by atoms with Crippen molar-refractivity contribution in [3.05, 3.63) is 0 Å². The number of amides is 1. The van der Waals surface area contributed by atoms with Gasteiger partial charge >= 0.3 is 0 Å². The summed E-state index contributed by atoms with van der Waals surface area (Å²) in [5.41, 5.74) is 0.435. The second kappa shape index (κ2) is 10.6. The molecule has 1 amide bonds. The summed E-state index contributed by atoms with van der Waals surface area (Å²) in [7, 11) is 0. The number of carbonyl (C=O) groups excluding carboxylic acids is 1. The highest BCUT2D eigenvalue weighted by atomic mass is 16.1. The molecular formula is C26H49N2O+. The van der Waals surface area contributed by atoms with E-state index in [0.29, 0.717) is 23.4 Å². The van der Waals surface area contributed by atoms with Gasteiger partial charge in [0.15, 0.2) is 0 Å². The molecule has 1 unspecified atom stereocenters. The number of nitrogens with one attached hydrogen (secondary N) is 1. The van der Waals surface area contributed by atoms with Crippen molar-refractivity contribution in [1.82, 2.24) is 5.32 Å². The predicted octanol–water partition coefficient (Wildman–Crippen LogP) is 6.21. The lowest BCUT2D eigenvalue weighted by Gasteiger charge is -2.48. The second-order valence-electron chi connectivity index (χ2n) is 11.9. The van der Waals surface area contributed by atoms with Crippen LogP contribution in [0, 0.1) is 11.3 Å². The van der Waals surface area contributed by atoms with E-state index in [-0.39, 0.29) is 0 Å². The fourth-order valence-electron chi connectivity index (χ4n) is 6.70. The van der Waals surface area contributed by atoms with E-state index in [0.717, 1.165) is 12.3 Å². The lowest BCUT2D eigenvalue weighted by molar-refractivity contribution is -0.955. The molecule has 3 nitrogen and oxygen atoms in total. The van der Waals surface area contributed by atoms with Crippen molar-refractivity contribution in [3.8, 4) is 0 Å². The highest BCUT2D eigenvalue weighted by Crippen LogP contribution is 2.35. The summed E-state index contributed by atoms with van der Waals surface area (Å²) in [6, 6.07) is 1.02. The Balaban J connectivity index is 1.49. The van der Waals surface area contributed by atoms with Crippen LogP contribution in [-0.2, 0) is 4.79 Å². The van der Waals surface area contributed by atoms with Crippen molar-refractivity contribution in [2.75, 3.05) is 19.6 Å². The largest absolute Gasteiger partial charge is 0.353 e. The van der Waals surface area contributed by atoms with Gasteiger partial charge in [0.2, 0.25) is 5.91 Å². The van der Waals surface area contributed by atoms with Crippen LogP contribution in [0.3, 0.4) is 0 Å². The number of hydrogen-bond acceptors (Lipinski definition) is 1. The van der Waals surface area contributed by atoms with Gasteiger partial charge in [-0.3, -0.25) is 4.79 Å². The second-order valence-corrected chi connectivity index (χ2v) is 11.9. The van der Waals surface area contributed by atoms with Crippen molar-refractivity contribution in [1.29, 1.82) is 0 Å². The van der Waals surface area contributed by atoms with Crippen molar-refractivity contribution >= 4 is 5.91 Å². The van der Waals surface area contributed by atoms with Crippen molar-refractivity contribution in [2.45, 2.75) is 129 Å². The van der Waals surface area contributed by atoms with Crippen LogP contribution in [-0.4, -0.2) is 42.1 Å². The van der Waals surface area contributed by atoms with E-state index in [4.69, 9.17) is 0 Å². The molecule has 2 heterocycles. The molecule has 2 saturated heterocycles. The van der Waals surface area contributed by atoms with Crippen LogP contribution in [0.5, 0.6) is 0 Å². The maximum Gasteiger partial charge on any atom is 0.226 e. The number of carbonyl (C=O) groups is 1.